The van der Waals surface area contributed by atoms with Gasteiger partial charge >= 0.3 is 0 Å². The van der Waals surface area contributed by atoms with E-state index in [9.17, 15) is 9.59 Å². The van der Waals surface area contributed by atoms with Crippen molar-refractivity contribution < 1.29 is 9.59 Å². The van der Waals surface area contributed by atoms with E-state index >= 15 is 0 Å². The molecule has 29 heavy (non-hydrogen) atoms. The number of hydrogen-bond donors (Lipinski definition) is 2. The minimum Gasteiger partial charge on any atom is -0.383 e. The van der Waals surface area contributed by atoms with Crippen LogP contribution in [0.25, 0.3) is 0 Å². The molecule has 7 heteroatoms. The van der Waals surface area contributed by atoms with Gasteiger partial charge in [-0.05, 0) is 49.3 Å². The maximum atomic E-state index is 12.2. The lowest BCUT2D eigenvalue weighted by molar-refractivity contribution is -0.127. The van der Waals surface area contributed by atoms with Crippen LogP contribution in [0.5, 0.6) is 0 Å². The lowest BCUT2D eigenvalue weighted by Gasteiger charge is -2.24. The number of aromatic nitrogens is 2. The zero-order valence-corrected chi connectivity index (χ0v) is 16.5. The number of fused-ring (bicyclic) bond motifs is 1. The highest BCUT2D eigenvalue weighted by Gasteiger charge is 2.32. The van der Waals surface area contributed by atoms with Gasteiger partial charge in [0, 0.05) is 12.5 Å². The molecule has 2 amide bonds. The predicted molar refractivity (Wildman–Crippen MR) is 111 cm³/mol. The van der Waals surface area contributed by atoms with Crippen molar-refractivity contribution in [2.75, 3.05) is 12.3 Å². The van der Waals surface area contributed by atoms with Crippen molar-refractivity contribution in [2.45, 2.75) is 50.6 Å². The molecule has 2 atom stereocenters. The first-order chi connectivity index (χ1) is 14.0. The molecule has 2 aliphatic rings. The molecule has 4 N–H and O–H groups in total. The van der Waals surface area contributed by atoms with Crippen molar-refractivity contribution in [3.8, 4) is 0 Å². The van der Waals surface area contributed by atoms with Crippen LogP contribution in [0.1, 0.15) is 52.4 Å². The summed E-state index contributed by atoms with van der Waals surface area (Å²) in [5.41, 5.74) is 15.6. The Morgan fingerprint density at radius 3 is 2.72 bits per heavy atom. The zero-order valence-electron chi connectivity index (χ0n) is 16.5. The van der Waals surface area contributed by atoms with Crippen molar-refractivity contribution in [3.05, 3.63) is 59.3 Å². The Morgan fingerprint density at radius 2 is 2.00 bits per heavy atom. The summed E-state index contributed by atoms with van der Waals surface area (Å²) in [5.74, 6) is -0.236. The highest BCUT2D eigenvalue weighted by molar-refractivity contribution is 5.98. The van der Waals surface area contributed by atoms with Crippen LogP contribution in [0.4, 0.5) is 5.82 Å². The van der Waals surface area contributed by atoms with E-state index in [-0.39, 0.29) is 17.9 Å². The maximum Gasteiger partial charge on any atom is 0.254 e. The quantitative estimate of drug-likeness (QED) is 0.758. The van der Waals surface area contributed by atoms with Crippen LogP contribution >= 0.6 is 0 Å². The summed E-state index contributed by atoms with van der Waals surface area (Å²) in [6.45, 7) is 4.74. The fraction of sp³-hybridized carbons (Fsp3) is 0.409. The maximum absolute atomic E-state index is 12.2. The standard InChI is InChI=1S/C22H27N5O2/c1-2-18(28)26-11-5-8-17(26)13-27-21(23)19(22(24)29)20(25-27)16-10-9-14-6-3-4-7-15(14)12-16/h2-4,6-7,16-17H,1,5,8-13,23H2,(H2,24,29). The largest absolute Gasteiger partial charge is 0.383 e. The fourth-order valence-corrected chi connectivity index (χ4v) is 4.74. The molecule has 2 unspecified atom stereocenters. The highest BCUT2D eigenvalue weighted by atomic mass is 16.2. The second kappa shape index (κ2) is 7.73. The van der Waals surface area contributed by atoms with Crippen molar-refractivity contribution in [1.82, 2.24) is 14.7 Å². The van der Waals surface area contributed by atoms with Gasteiger partial charge in [-0.2, -0.15) is 5.10 Å². The van der Waals surface area contributed by atoms with Gasteiger partial charge in [-0.3, -0.25) is 9.59 Å². The Balaban J connectivity index is 1.63. The zero-order chi connectivity index (χ0) is 20.5. The smallest absolute Gasteiger partial charge is 0.254 e. The molecule has 1 aromatic carbocycles. The van der Waals surface area contributed by atoms with Gasteiger partial charge in [0.05, 0.1) is 18.3 Å². The van der Waals surface area contributed by atoms with Crippen LogP contribution in [-0.2, 0) is 24.2 Å². The Hall–Kier alpha value is -3.09. The number of amides is 2. The number of nitrogen functional groups attached to an aromatic ring is 1. The average Bonchev–Trinajstić information content (AvgIpc) is 3.32. The van der Waals surface area contributed by atoms with Crippen molar-refractivity contribution in [1.29, 1.82) is 0 Å². The molecule has 2 aromatic rings. The molecule has 7 nitrogen and oxygen atoms in total. The molecule has 1 saturated heterocycles. The number of likely N-dealkylation sites (tertiary alicyclic amines) is 1. The number of hydrogen-bond acceptors (Lipinski definition) is 4. The third-order valence-corrected chi connectivity index (χ3v) is 6.22. The summed E-state index contributed by atoms with van der Waals surface area (Å²) in [6.07, 6.45) is 5.80. The van der Waals surface area contributed by atoms with E-state index in [1.807, 2.05) is 6.07 Å². The van der Waals surface area contributed by atoms with E-state index in [2.05, 4.69) is 24.8 Å². The monoisotopic (exact) mass is 393 g/mol. The van der Waals surface area contributed by atoms with Gasteiger partial charge in [-0.25, -0.2) is 4.68 Å². The van der Waals surface area contributed by atoms with Crippen LogP contribution in [0.3, 0.4) is 0 Å². The minimum atomic E-state index is -0.548. The van der Waals surface area contributed by atoms with E-state index in [1.54, 1.807) is 9.58 Å². The average molecular weight is 393 g/mol. The number of carbonyl (C=O) groups is 2. The van der Waals surface area contributed by atoms with Gasteiger partial charge in [0.1, 0.15) is 11.4 Å². The third kappa shape index (κ3) is 3.52. The first-order valence-electron chi connectivity index (χ1n) is 10.2. The lowest BCUT2D eigenvalue weighted by atomic mass is 9.81. The lowest BCUT2D eigenvalue weighted by Crippen LogP contribution is -2.37. The summed E-state index contributed by atoms with van der Waals surface area (Å²) in [4.78, 5) is 26.1. The van der Waals surface area contributed by atoms with E-state index in [0.29, 0.717) is 30.2 Å². The van der Waals surface area contributed by atoms with Crippen LogP contribution in [-0.4, -0.2) is 39.1 Å². The van der Waals surface area contributed by atoms with E-state index in [1.165, 1.54) is 17.2 Å². The van der Waals surface area contributed by atoms with Crippen molar-refractivity contribution >= 4 is 17.6 Å². The molecule has 1 aliphatic carbocycles. The Morgan fingerprint density at radius 1 is 1.24 bits per heavy atom. The first-order valence-corrected chi connectivity index (χ1v) is 10.2. The fourth-order valence-electron chi connectivity index (χ4n) is 4.74. The number of carbonyl (C=O) groups excluding carboxylic acids is 2. The Kier molecular flexibility index (Phi) is 5.13. The van der Waals surface area contributed by atoms with Gasteiger partial charge in [-0.1, -0.05) is 30.8 Å². The van der Waals surface area contributed by atoms with E-state index in [0.717, 1.165) is 32.1 Å². The molecule has 0 spiro atoms. The molecule has 152 valence electrons. The summed E-state index contributed by atoms with van der Waals surface area (Å²) in [7, 11) is 0. The molecular weight excluding hydrogens is 366 g/mol. The second-order valence-corrected chi connectivity index (χ2v) is 7.93. The van der Waals surface area contributed by atoms with Gasteiger partial charge in [-0.15, -0.1) is 0 Å². The predicted octanol–water partition coefficient (Wildman–Crippen LogP) is 2.01. The SMILES string of the molecule is C=CC(=O)N1CCCC1Cn1nc(C2CCc3ccccc3C2)c(C(N)=O)c1N. The number of aryl methyl sites for hydroxylation is 1. The summed E-state index contributed by atoms with van der Waals surface area (Å²) >= 11 is 0. The van der Waals surface area contributed by atoms with Crippen molar-refractivity contribution in [3.63, 3.8) is 0 Å². The molecule has 1 aliphatic heterocycles. The Bertz CT molecular complexity index is 964. The topological polar surface area (TPSA) is 107 Å². The molecule has 0 saturated carbocycles. The van der Waals surface area contributed by atoms with Crippen LogP contribution in [0.2, 0.25) is 0 Å². The molecular formula is C22H27N5O2. The summed E-state index contributed by atoms with van der Waals surface area (Å²) in [6, 6.07) is 8.36. The normalized spacial score (nSPS) is 21.0. The molecule has 2 heterocycles. The summed E-state index contributed by atoms with van der Waals surface area (Å²) < 4.78 is 1.66. The molecule has 1 aromatic heterocycles. The molecule has 0 radical (unpaired) electrons. The van der Waals surface area contributed by atoms with Crippen LogP contribution < -0.4 is 11.5 Å². The van der Waals surface area contributed by atoms with E-state index in [4.69, 9.17) is 16.6 Å². The second-order valence-electron chi connectivity index (χ2n) is 7.93. The minimum absolute atomic E-state index is 0.0108. The summed E-state index contributed by atoms with van der Waals surface area (Å²) in [5, 5.41) is 4.74. The molecule has 0 bridgehead atoms. The highest BCUT2D eigenvalue weighted by Crippen LogP contribution is 2.35. The van der Waals surface area contributed by atoms with E-state index < -0.39 is 5.91 Å². The third-order valence-electron chi connectivity index (χ3n) is 6.22. The first kappa shape index (κ1) is 19.2. The molecule has 1 fully saturated rings. The number of anilines is 1. The van der Waals surface area contributed by atoms with Crippen LogP contribution in [0, 0.1) is 0 Å². The van der Waals surface area contributed by atoms with Crippen molar-refractivity contribution in [2.24, 2.45) is 5.73 Å². The van der Waals surface area contributed by atoms with Gasteiger partial charge in [0.2, 0.25) is 5.91 Å². The number of benzene rings is 1. The molecule has 4 rings (SSSR count). The number of nitrogens with zero attached hydrogens (tertiary/aromatic N) is 3. The van der Waals surface area contributed by atoms with Gasteiger partial charge in [0.25, 0.3) is 5.91 Å². The van der Waals surface area contributed by atoms with Gasteiger partial charge in [0.15, 0.2) is 0 Å². The Labute approximate surface area is 170 Å². The number of rotatable bonds is 5. The van der Waals surface area contributed by atoms with Crippen LogP contribution in [0.15, 0.2) is 36.9 Å². The van der Waals surface area contributed by atoms with Gasteiger partial charge < -0.3 is 16.4 Å². The number of primary amides is 1. The number of nitrogens with two attached hydrogens (primary N) is 2.